The van der Waals surface area contributed by atoms with E-state index in [-0.39, 0.29) is 17.9 Å². The van der Waals surface area contributed by atoms with E-state index in [4.69, 9.17) is 0 Å². The van der Waals surface area contributed by atoms with Gasteiger partial charge < -0.3 is 14.7 Å². The number of rotatable bonds is 11. The van der Waals surface area contributed by atoms with Crippen molar-refractivity contribution < 1.29 is 9.59 Å². The van der Waals surface area contributed by atoms with E-state index in [0.717, 1.165) is 30.9 Å². The van der Waals surface area contributed by atoms with E-state index in [9.17, 15) is 9.59 Å². The number of likely N-dealkylation sites (tertiary alicyclic amines) is 1. The first-order valence-corrected chi connectivity index (χ1v) is 17.9. The second kappa shape index (κ2) is 18.6. The van der Waals surface area contributed by atoms with E-state index in [1.54, 1.807) is 0 Å². The maximum absolute atomic E-state index is 12.7. The predicted octanol–water partition coefficient (Wildman–Crippen LogP) is 9.17. The van der Waals surface area contributed by atoms with Gasteiger partial charge in [0.1, 0.15) is 0 Å². The Kier molecular flexibility index (Phi) is 14.4. The summed E-state index contributed by atoms with van der Waals surface area (Å²) >= 11 is 0. The quantitative estimate of drug-likeness (QED) is 0.214. The lowest BCUT2D eigenvalue weighted by molar-refractivity contribution is -0.119. The Morgan fingerprint density at radius 2 is 1.11 bits per heavy atom. The summed E-state index contributed by atoms with van der Waals surface area (Å²) in [6.45, 7) is 11.7. The van der Waals surface area contributed by atoms with Crippen molar-refractivity contribution in [1.82, 2.24) is 4.90 Å². The third kappa shape index (κ3) is 10.0. The minimum absolute atomic E-state index is 0.218. The van der Waals surface area contributed by atoms with Gasteiger partial charge in [-0.3, -0.25) is 9.59 Å². The van der Waals surface area contributed by atoms with Gasteiger partial charge in [0.15, 0.2) is 0 Å². The van der Waals surface area contributed by atoms with Gasteiger partial charge in [0, 0.05) is 49.4 Å². The van der Waals surface area contributed by atoms with E-state index < -0.39 is 0 Å². The zero-order chi connectivity index (χ0) is 32.7. The number of amides is 2. The molecule has 0 radical (unpaired) electrons. The van der Waals surface area contributed by atoms with Gasteiger partial charge in [0.25, 0.3) is 0 Å². The smallest absolute Gasteiger partial charge is 0.226 e. The Morgan fingerprint density at radius 3 is 1.61 bits per heavy atom. The summed E-state index contributed by atoms with van der Waals surface area (Å²) in [6, 6.07) is 31.5. The molecule has 1 saturated carbocycles. The Labute approximate surface area is 279 Å². The van der Waals surface area contributed by atoms with Crippen LogP contribution in [0, 0.1) is 11.8 Å². The lowest BCUT2D eigenvalue weighted by Crippen LogP contribution is -2.49. The number of benzene rings is 3. The number of nitrogens with zero attached hydrogens (tertiary/aromatic N) is 3. The Morgan fingerprint density at radius 1 is 0.652 bits per heavy atom. The van der Waals surface area contributed by atoms with Gasteiger partial charge in [-0.05, 0) is 94.2 Å². The van der Waals surface area contributed by atoms with E-state index in [0.29, 0.717) is 30.7 Å². The predicted molar refractivity (Wildman–Crippen MR) is 193 cm³/mol. The number of hydrogen-bond donors (Lipinski definition) is 0. The molecule has 2 fully saturated rings. The van der Waals surface area contributed by atoms with E-state index >= 15 is 0 Å². The molecule has 1 aliphatic carbocycles. The zero-order valence-corrected chi connectivity index (χ0v) is 28.8. The van der Waals surface area contributed by atoms with Gasteiger partial charge >= 0.3 is 0 Å². The van der Waals surface area contributed by atoms with Crippen molar-refractivity contribution in [2.24, 2.45) is 11.8 Å². The van der Waals surface area contributed by atoms with Crippen LogP contribution < -0.4 is 9.80 Å². The second-order valence-electron chi connectivity index (χ2n) is 13.2. The van der Waals surface area contributed by atoms with Crippen LogP contribution in [0.5, 0.6) is 0 Å². The Balaban J connectivity index is 0.000000222. The van der Waals surface area contributed by atoms with Crippen molar-refractivity contribution in [1.29, 1.82) is 0 Å². The highest BCUT2D eigenvalue weighted by atomic mass is 16.2. The summed E-state index contributed by atoms with van der Waals surface area (Å²) in [7, 11) is 0. The lowest BCUT2D eigenvalue weighted by Gasteiger charge is -2.40. The number of anilines is 2. The van der Waals surface area contributed by atoms with Gasteiger partial charge in [-0.15, -0.1) is 0 Å². The summed E-state index contributed by atoms with van der Waals surface area (Å²) in [6.07, 6.45) is 11.2. The number of carbonyl (C=O) groups is 2. The van der Waals surface area contributed by atoms with Crippen molar-refractivity contribution in [2.75, 3.05) is 29.4 Å². The molecule has 2 aliphatic rings. The van der Waals surface area contributed by atoms with Crippen LogP contribution in [-0.4, -0.2) is 48.4 Å². The van der Waals surface area contributed by atoms with Crippen LogP contribution in [-0.2, 0) is 16.0 Å². The van der Waals surface area contributed by atoms with Crippen LogP contribution in [0.4, 0.5) is 11.4 Å². The fourth-order valence-corrected chi connectivity index (χ4v) is 7.39. The first-order valence-electron chi connectivity index (χ1n) is 17.9. The van der Waals surface area contributed by atoms with Crippen molar-refractivity contribution >= 4 is 23.2 Å². The van der Waals surface area contributed by atoms with E-state index in [2.05, 4.69) is 61.2 Å². The molecule has 3 atom stereocenters. The third-order valence-corrected chi connectivity index (χ3v) is 10.1. The molecular formula is C41H57N3O2. The summed E-state index contributed by atoms with van der Waals surface area (Å²) in [5, 5.41) is 0. The molecule has 0 aromatic heterocycles. The summed E-state index contributed by atoms with van der Waals surface area (Å²) < 4.78 is 0. The summed E-state index contributed by atoms with van der Waals surface area (Å²) in [5.41, 5.74) is 3.48. The fourth-order valence-electron chi connectivity index (χ4n) is 7.39. The van der Waals surface area contributed by atoms with Crippen LogP contribution >= 0.6 is 0 Å². The minimum Gasteiger partial charge on any atom is -0.309 e. The molecule has 2 amide bonds. The van der Waals surface area contributed by atoms with Gasteiger partial charge in [0.2, 0.25) is 11.8 Å². The van der Waals surface area contributed by atoms with Crippen LogP contribution in [0.15, 0.2) is 91.0 Å². The topological polar surface area (TPSA) is 43.9 Å². The monoisotopic (exact) mass is 623 g/mol. The maximum Gasteiger partial charge on any atom is 0.226 e. The highest BCUT2D eigenvalue weighted by molar-refractivity contribution is 5.94. The molecule has 1 aliphatic heterocycles. The zero-order valence-electron chi connectivity index (χ0n) is 28.8. The normalized spacial score (nSPS) is 18.5. The van der Waals surface area contributed by atoms with Crippen molar-refractivity contribution in [3.63, 3.8) is 0 Å². The molecule has 5 heteroatoms. The number of hydrogen-bond acceptors (Lipinski definition) is 3. The molecule has 0 bridgehead atoms. The van der Waals surface area contributed by atoms with Crippen LogP contribution in [0.25, 0.3) is 0 Å². The van der Waals surface area contributed by atoms with Gasteiger partial charge in [-0.2, -0.15) is 0 Å². The standard InChI is InChI=1S/C24H32N2O.C17H25NO/c1-3-24(27)26(23-14-8-5-9-15-23)20(2)22-13-10-17-25(19-22)18-16-21-11-6-4-7-12-21;1-3-17(19)18(16-12-8-5-9-13-16)14(2)15-10-6-4-7-11-15/h4-9,11-12,14-15,20,22H,3,10,13,16-19H2,1-2H3;5,8-9,12-15H,3-4,6-7,10-11H2,1-2H3. The van der Waals surface area contributed by atoms with Gasteiger partial charge in [-0.1, -0.05) is 99.8 Å². The second-order valence-corrected chi connectivity index (χ2v) is 13.2. The summed E-state index contributed by atoms with van der Waals surface area (Å²) in [4.78, 5) is 31.7. The number of piperidine rings is 1. The lowest BCUT2D eigenvalue weighted by atomic mass is 9.83. The molecule has 3 aromatic carbocycles. The fraction of sp³-hybridized carbons (Fsp3) is 0.512. The van der Waals surface area contributed by atoms with Crippen molar-refractivity contribution in [2.45, 2.75) is 104 Å². The van der Waals surface area contributed by atoms with Crippen LogP contribution in [0.2, 0.25) is 0 Å². The minimum atomic E-state index is 0.218. The van der Waals surface area contributed by atoms with E-state index in [1.807, 2.05) is 72.2 Å². The Bertz CT molecular complexity index is 1290. The first-order chi connectivity index (χ1) is 22.4. The number of carbonyl (C=O) groups excluding carboxylic acids is 2. The number of para-hydroxylation sites is 2. The van der Waals surface area contributed by atoms with Crippen molar-refractivity contribution in [3.05, 3.63) is 96.6 Å². The average Bonchev–Trinajstić information content (AvgIpc) is 3.12. The summed E-state index contributed by atoms with van der Waals surface area (Å²) in [5.74, 6) is 1.63. The van der Waals surface area contributed by atoms with Crippen LogP contribution in [0.3, 0.4) is 0 Å². The third-order valence-electron chi connectivity index (χ3n) is 10.1. The molecule has 1 heterocycles. The first kappa shape index (κ1) is 35.4. The molecular weight excluding hydrogens is 566 g/mol. The van der Waals surface area contributed by atoms with Gasteiger partial charge in [-0.25, -0.2) is 0 Å². The van der Waals surface area contributed by atoms with Crippen LogP contribution in [0.1, 0.15) is 91.0 Å². The molecule has 3 aromatic rings. The van der Waals surface area contributed by atoms with Gasteiger partial charge in [0.05, 0.1) is 0 Å². The molecule has 46 heavy (non-hydrogen) atoms. The van der Waals surface area contributed by atoms with E-state index in [1.165, 1.54) is 57.1 Å². The molecule has 248 valence electrons. The average molecular weight is 624 g/mol. The maximum atomic E-state index is 12.7. The van der Waals surface area contributed by atoms with Crippen molar-refractivity contribution in [3.8, 4) is 0 Å². The molecule has 1 saturated heterocycles. The highest BCUT2D eigenvalue weighted by Gasteiger charge is 2.31. The molecule has 0 spiro atoms. The SMILES string of the molecule is CCC(=O)N(c1ccccc1)C(C)C1CCCCC1.CCC(=O)N(c1ccccc1)C(C)C1CCCN(CCc2ccccc2)C1. The largest absolute Gasteiger partial charge is 0.309 e. The molecule has 3 unspecified atom stereocenters. The molecule has 0 N–H and O–H groups in total. The highest BCUT2D eigenvalue weighted by Crippen LogP contribution is 2.32. The molecule has 5 rings (SSSR count). The molecule has 5 nitrogen and oxygen atoms in total. The Hall–Kier alpha value is -3.44.